The van der Waals surface area contributed by atoms with Crippen LogP contribution in [-0.2, 0) is 4.79 Å². The van der Waals surface area contributed by atoms with Crippen LogP contribution in [0.4, 0.5) is 5.82 Å². The molecule has 0 unspecified atom stereocenters. The second-order valence-electron chi connectivity index (χ2n) is 3.68. The first-order valence-electron chi connectivity index (χ1n) is 4.69. The second-order valence-corrected chi connectivity index (χ2v) is 3.68. The van der Waals surface area contributed by atoms with E-state index in [9.17, 15) is 9.59 Å². The normalized spacial score (nSPS) is 16.5. The van der Waals surface area contributed by atoms with Gasteiger partial charge in [-0.1, -0.05) is 0 Å². The predicted molar refractivity (Wildman–Crippen MR) is 53.8 cm³/mol. The van der Waals surface area contributed by atoms with E-state index in [-0.39, 0.29) is 5.69 Å². The number of nitrogens with zero attached hydrogens (tertiary/aromatic N) is 2. The molecule has 0 bridgehead atoms. The van der Waals surface area contributed by atoms with Crippen molar-refractivity contribution in [3.8, 4) is 0 Å². The molecule has 7 nitrogen and oxygen atoms in total. The summed E-state index contributed by atoms with van der Waals surface area (Å²) < 4.78 is 0. The number of primary amides is 1. The Balaban J connectivity index is 2.12. The quantitative estimate of drug-likeness (QED) is 0.638. The molecule has 1 aromatic heterocycles. The first-order valence-corrected chi connectivity index (χ1v) is 4.69. The molecule has 0 aliphatic heterocycles. The Labute approximate surface area is 90.7 Å². The van der Waals surface area contributed by atoms with Crippen molar-refractivity contribution in [2.75, 3.05) is 5.32 Å². The highest BCUT2D eigenvalue weighted by Crippen LogP contribution is 2.38. The summed E-state index contributed by atoms with van der Waals surface area (Å²) in [5.41, 5.74) is 4.13. The summed E-state index contributed by atoms with van der Waals surface area (Å²) >= 11 is 0. The van der Waals surface area contributed by atoms with Crippen molar-refractivity contribution in [3.63, 3.8) is 0 Å². The van der Waals surface area contributed by atoms with E-state index in [1.807, 2.05) is 0 Å². The van der Waals surface area contributed by atoms with Gasteiger partial charge in [0.25, 0.3) is 5.91 Å². The average Bonchev–Trinajstić information content (AvgIpc) is 3.00. The van der Waals surface area contributed by atoms with Crippen LogP contribution < -0.4 is 11.1 Å². The van der Waals surface area contributed by atoms with Crippen molar-refractivity contribution in [3.05, 3.63) is 17.8 Å². The van der Waals surface area contributed by atoms with Gasteiger partial charge in [0.1, 0.15) is 11.4 Å². The van der Waals surface area contributed by atoms with Crippen molar-refractivity contribution in [1.29, 1.82) is 0 Å². The van der Waals surface area contributed by atoms with Crippen molar-refractivity contribution >= 4 is 17.7 Å². The molecule has 16 heavy (non-hydrogen) atoms. The topological polar surface area (TPSA) is 118 Å². The number of hydrogen-bond acceptors (Lipinski definition) is 5. The van der Waals surface area contributed by atoms with Gasteiger partial charge in [0.2, 0.25) is 0 Å². The van der Waals surface area contributed by atoms with E-state index in [0.29, 0.717) is 18.7 Å². The summed E-state index contributed by atoms with van der Waals surface area (Å²) in [5, 5.41) is 18.9. The number of carboxylic acid groups (broad SMARTS) is 1. The monoisotopic (exact) mass is 222 g/mol. The van der Waals surface area contributed by atoms with Crippen LogP contribution in [0.5, 0.6) is 0 Å². The Kier molecular flexibility index (Phi) is 2.22. The summed E-state index contributed by atoms with van der Waals surface area (Å²) in [7, 11) is 0. The number of carboxylic acids is 1. The maximum absolute atomic E-state index is 10.9. The standard InChI is InChI=1S/C9H10N4O3/c10-7(14)5-1-2-6(13-12-5)11-9(3-4-9)8(15)16/h1-2H,3-4H2,(H2,10,14)(H,11,13)(H,15,16). The van der Waals surface area contributed by atoms with Crippen molar-refractivity contribution in [1.82, 2.24) is 10.2 Å². The molecule has 0 aromatic carbocycles. The third-order valence-corrected chi connectivity index (χ3v) is 2.44. The van der Waals surface area contributed by atoms with E-state index in [2.05, 4.69) is 15.5 Å². The van der Waals surface area contributed by atoms with Crippen molar-refractivity contribution < 1.29 is 14.7 Å². The number of anilines is 1. The number of nitrogens with two attached hydrogens (primary N) is 1. The Hall–Kier alpha value is -2.18. The number of aliphatic carboxylic acids is 1. The fraction of sp³-hybridized carbons (Fsp3) is 0.333. The zero-order valence-corrected chi connectivity index (χ0v) is 8.30. The van der Waals surface area contributed by atoms with Gasteiger partial charge in [-0.15, -0.1) is 10.2 Å². The van der Waals surface area contributed by atoms with Gasteiger partial charge in [0, 0.05) is 0 Å². The van der Waals surface area contributed by atoms with Crippen LogP contribution in [0.2, 0.25) is 0 Å². The first kappa shape index (κ1) is 10.3. The van der Waals surface area contributed by atoms with Gasteiger partial charge in [0.05, 0.1) is 0 Å². The molecule has 0 spiro atoms. The van der Waals surface area contributed by atoms with E-state index < -0.39 is 17.4 Å². The number of carbonyl (C=O) groups is 2. The minimum Gasteiger partial charge on any atom is -0.480 e. The number of amides is 1. The van der Waals surface area contributed by atoms with E-state index >= 15 is 0 Å². The molecule has 1 aliphatic carbocycles. The highest BCUT2D eigenvalue weighted by Gasteiger charge is 2.50. The van der Waals surface area contributed by atoms with Crippen LogP contribution in [0.15, 0.2) is 12.1 Å². The lowest BCUT2D eigenvalue weighted by atomic mass is 10.2. The number of aromatic nitrogens is 2. The molecule has 1 fully saturated rings. The van der Waals surface area contributed by atoms with Gasteiger partial charge in [-0.2, -0.15) is 0 Å². The number of rotatable bonds is 4. The fourth-order valence-electron chi connectivity index (χ4n) is 1.29. The molecule has 0 saturated heterocycles. The van der Waals surface area contributed by atoms with Crippen LogP contribution in [0, 0.1) is 0 Å². The SMILES string of the molecule is NC(=O)c1ccc(NC2(C(=O)O)CC2)nn1. The molecule has 84 valence electrons. The zero-order chi connectivity index (χ0) is 11.8. The van der Waals surface area contributed by atoms with Crippen LogP contribution in [0.25, 0.3) is 0 Å². The number of carbonyl (C=O) groups excluding carboxylic acids is 1. The third-order valence-electron chi connectivity index (χ3n) is 2.44. The predicted octanol–water partition coefficient (Wildman–Crippen LogP) is -0.395. The molecule has 1 aliphatic rings. The summed E-state index contributed by atoms with van der Waals surface area (Å²) in [4.78, 5) is 21.6. The van der Waals surface area contributed by atoms with E-state index in [1.165, 1.54) is 12.1 Å². The Morgan fingerprint density at radius 3 is 2.44 bits per heavy atom. The molecule has 7 heteroatoms. The molecule has 0 radical (unpaired) electrons. The number of hydrogen-bond donors (Lipinski definition) is 3. The second kappa shape index (κ2) is 3.44. The lowest BCUT2D eigenvalue weighted by Crippen LogP contribution is -2.32. The molecular weight excluding hydrogens is 212 g/mol. The molecule has 1 saturated carbocycles. The zero-order valence-electron chi connectivity index (χ0n) is 8.30. The Bertz CT molecular complexity index is 439. The first-order chi connectivity index (χ1) is 7.53. The minimum atomic E-state index is -0.914. The van der Waals surface area contributed by atoms with E-state index in [0.717, 1.165) is 0 Å². The van der Waals surface area contributed by atoms with Crippen LogP contribution >= 0.6 is 0 Å². The van der Waals surface area contributed by atoms with E-state index in [4.69, 9.17) is 10.8 Å². The molecule has 2 rings (SSSR count). The Morgan fingerprint density at radius 2 is 2.06 bits per heavy atom. The summed E-state index contributed by atoms with van der Waals surface area (Å²) in [5.74, 6) is -1.25. The minimum absolute atomic E-state index is 0.0470. The lowest BCUT2D eigenvalue weighted by Gasteiger charge is -2.11. The van der Waals surface area contributed by atoms with Gasteiger partial charge in [-0.3, -0.25) is 4.79 Å². The van der Waals surface area contributed by atoms with Gasteiger partial charge in [-0.25, -0.2) is 4.79 Å². The summed E-state index contributed by atoms with van der Waals surface area (Å²) in [6, 6.07) is 2.88. The van der Waals surface area contributed by atoms with Crippen molar-refractivity contribution in [2.45, 2.75) is 18.4 Å². The molecule has 1 amide bonds. The van der Waals surface area contributed by atoms with Gasteiger partial charge in [-0.05, 0) is 25.0 Å². The largest absolute Gasteiger partial charge is 0.480 e. The highest BCUT2D eigenvalue weighted by molar-refractivity contribution is 5.90. The van der Waals surface area contributed by atoms with Crippen molar-refractivity contribution in [2.24, 2.45) is 5.73 Å². The van der Waals surface area contributed by atoms with Gasteiger partial charge in [0.15, 0.2) is 5.69 Å². The van der Waals surface area contributed by atoms with E-state index in [1.54, 1.807) is 0 Å². The number of nitrogens with one attached hydrogen (secondary N) is 1. The maximum atomic E-state index is 10.9. The molecule has 1 heterocycles. The summed E-state index contributed by atoms with van der Waals surface area (Å²) in [6.07, 6.45) is 1.11. The molecule has 4 N–H and O–H groups in total. The maximum Gasteiger partial charge on any atom is 0.329 e. The van der Waals surface area contributed by atoms with Crippen LogP contribution in [-0.4, -0.2) is 32.7 Å². The molecular formula is C9H10N4O3. The van der Waals surface area contributed by atoms with Crippen LogP contribution in [0.1, 0.15) is 23.3 Å². The molecule has 0 atom stereocenters. The van der Waals surface area contributed by atoms with Gasteiger partial charge >= 0.3 is 5.97 Å². The highest BCUT2D eigenvalue weighted by atomic mass is 16.4. The fourth-order valence-corrected chi connectivity index (χ4v) is 1.29. The smallest absolute Gasteiger partial charge is 0.329 e. The van der Waals surface area contributed by atoms with Gasteiger partial charge < -0.3 is 16.2 Å². The molecule has 1 aromatic rings. The van der Waals surface area contributed by atoms with Crippen LogP contribution in [0.3, 0.4) is 0 Å². The average molecular weight is 222 g/mol. The third kappa shape index (κ3) is 1.79. The lowest BCUT2D eigenvalue weighted by molar-refractivity contribution is -0.138. The summed E-state index contributed by atoms with van der Waals surface area (Å²) in [6.45, 7) is 0. The Morgan fingerprint density at radius 1 is 1.38 bits per heavy atom.